The smallest absolute Gasteiger partial charge is 0.253 e. The molecule has 2 amide bonds. The summed E-state index contributed by atoms with van der Waals surface area (Å²) in [6, 6.07) is 0. The average Bonchev–Trinajstić information content (AvgIpc) is 2.42. The van der Waals surface area contributed by atoms with Crippen molar-refractivity contribution in [1.29, 1.82) is 0 Å². The van der Waals surface area contributed by atoms with E-state index in [1.165, 1.54) is 12.2 Å². The van der Waals surface area contributed by atoms with Gasteiger partial charge in [-0.2, -0.15) is 0 Å². The molecule has 1 aliphatic rings. The van der Waals surface area contributed by atoms with E-state index in [0.29, 0.717) is 0 Å². The zero-order valence-corrected chi connectivity index (χ0v) is 7.42. The molecule has 1 aliphatic heterocycles. The molecule has 1 heterocycles. The van der Waals surface area contributed by atoms with E-state index in [0.717, 1.165) is 4.90 Å². The Morgan fingerprint density at radius 3 is 2.36 bits per heavy atom. The molecule has 0 saturated heterocycles. The predicted octanol–water partition coefficient (Wildman–Crippen LogP) is -1.76. The average molecular weight is 201 g/mol. The Kier molecular flexibility index (Phi) is 3.75. The van der Waals surface area contributed by atoms with E-state index in [-0.39, 0.29) is 31.6 Å². The summed E-state index contributed by atoms with van der Waals surface area (Å²) in [6.45, 7) is -0.0161. The molecule has 0 aliphatic carbocycles. The Hall–Kier alpha value is -1.24. The molecule has 0 aromatic carbocycles. The molecule has 0 fully saturated rings. The lowest BCUT2D eigenvalue weighted by Gasteiger charge is -2.13. The van der Waals surface area contributed by atoms with Crippen molar-refractivity contribution in [1.82, 2.24) is 4.90 Å². The molecule has 0 saturated carbocycles. The zero-order valence-electron chi connectivity index (χ0n) is 7.42. The summed E-state index contributed by atoms with van der Waals surface area (Å²) in [6.07, 6.45) is 0.838. The number of carbonyl (C=O) groups is 2. The van der Waals surface area contributed by atoms with Gasteiger partial charge in [-0.1, -0.05) is 0 Å². The number of imide groups is 1. The lowest BCUT2D eigenvalue weighted by atomic mass is 10.5. The molecule has 78 valence electrons. The van der Waals surface area contributed by atoms with Gasteiger partial charge in [0.2, 0.25) is 0 Å². The lowest BCUT2D eigenvalue weighted by molar-refractivity contribution is -0.138. The number of carbonyl (C=O) groups excluding carboxylic acids is 2. The van der Waals surface area contributed by atoms with Gasteiger partial charge in [-0.15, -0.1) is 0 Å². The van der Waals surface area contributed by atoms with Gasteiger partial charge in [0.05, 0.1) is 19.8 Å². The number of aliphatic hydroxyl groups is 2. The summed E-state index contributed by atoms with van der Waals surface area (Å²) in [5, 5.41) is 16.8. The second-order valence-electron chi connectivity index (χ2n) is 2.72. The maximum absolute atomic E-state index is 11.0. The van der Waals surface area contributed by atoms with Gasteiger partial charge < -0.3 is 14.9 Å². The van der Waals surface area contributed by atoms with E-state index >= 15 is 0 Å². The Morgan fingerprint density at radius 2 is 1.86 bits per heavy atom. The number of hydrogen-bond donors (Lipinski definition) is 2. The third kappa shape index (κ3) is 2.91. The Balaban J connectivity index is 2.19. The van der Waals surface area contributed by atoms with Gasteiger partial charge in [0.25, 0.3) is 11.8 Å². The van der Waals surface area contributed by atoms with Crippen LogP contribution in [-0.2, 0) is 14.3 Å². The van der Waals surface area contributed by atoms with Crippen LogP contribution in [0, 0.1) is 0 Å². The minimum atomic E-state index is -1.53. The van der Waals surface area contributed by atoms with Crippen LogP contribution in [0.25, 0.3) is 0 Å². The van der Waals surface area contributed by atoms with Gasteiger partial charge in [-0.3, -0.25) is 14.5 Å². The van der Waals surface area contributed by atoms with Gasteiger partial charge >= 0.3 is 0 Å². The minimum Gasteiger partial charge on any atom is -0.374 e. The predicted molar refractivity (Wildman–Crippen MR) is 44.9 cm³/mol. The quantitative estimate of drug-likeness (QED) is 0.312. The molecule has 0 unspecified atom stereocenters. The standard InChI is InChI=1S/C8H11NO5/c10-6-1-2-7(11)9(6)3-4-14-5-8(12)13/h1-2,8,12-13H,3-5H2. The van der Waals surface area contributed by atoms with Crippen LogP contribution in [0.1, 0.15) is 0 Å². The highest BCUT2D eigenvalue weighted by molar-refractivity contribution is 6.12. The number of ether oxygens (including phenoxy) is 1. The third-order valence-corrected chi connectivity index (χ3v) is 1.63. The fourth-order valence-corrected chi connectivity index (χ4v) is 0.996. The van der Waals surface area contributed by atoms with Gasteiger partial charge in [-0.25, -0.2) is 0 Å². The van der Waals surface area contributed by atoms with Crippen LogP contribution in [0.3, 0.4) is 0 Å². The summed E-state index contributed by atoms with van der Waals surface area (Å²) in [4.78, 5) is 23.0. The summed E-state index contributed by atoms with van der Waals surface area (Å²) in [5.74, 6) is -0.744. The Bertz CT molecular complexity index is 242. The van der Waals surface area contributed by atoms with E-state index < -0.39 is 6.29 Å². The van der Waals surface area contributed by atoms with E-state index in [2.05, 4.69) is 0 Å². The van der Waals surface area contributed by atoms with Crippen LogP contribution < -0.4 is 0 Å². The van der Waals surface area contributed by atoms with E-state index in [9.17, 15) is 9.59 Å². The van der Waals surface area contributed by atoms with Gasteiger partial charge in [-0.05, 0) is 0 Å². The summed E-state index contributed by atoms with van der Waals surface area (Å²) < 4.78 is 4.78. The van der Waals surface area contributed by atoms with Crippen LogP contribution in [0.4, 0.5) is 0 Å². The SMILES string of the molecule is O=C1C=CC(=O)N1CCOCC(O)O. The molecule has 2 N–H and O–H groups in total. The topological polar surface area (TPSA) is 87.1 Å². The largest absolute Gasteiger partial charge is 0.374 e. The number of amides is 2. The van der Waals surface area contributed by atoms with Gasteiger partial charge in [0.1, 0.15) is 0 Å². The summed E-state index contributed by atoms with van der Waals surface area (Å²) in [7, 11) is 0. The maximum atomic E-state index is 11.0. The van der Waals surface area contributed by atoms with Gasteiger partial charge in [0, 0.05) is 12.2 Å². The summed E-state index contributed by atoms with van der Waals surface area (Å²) in [5.41, 5.74) is 0. The minimum absolute atomic E-state index is 0.0940. The second-order valence-corrected chi connectivity index (χ2v) is 2.72. The molecule has 0 aromatic heterocycles. The zero-order chi connectivity index (χ0) is 10.6. The number of hydrogen-bond acceptors (Lipinski definition) is 5. The second kappa shape index (κ2) is 4.85. The molecule has 0 spiro atoms. The van der Waals surface area contributed by atoms with E-state index in [4.69, 9.17) is 14.9 Å². The first-order valence-electron chi connectivity index (χ1n) is 4.08. The first-order chi connectivity index (χ1) is 6.61. The highest BCUT2D eigenvalue weighted by Gasteiger charge is 2.22. The molecular formula is C8H11NO5. The molecule has 6 heteroatoms. The molecule has 6 nitrogen and oxygen atoms in total. The monoisotopic (exact) mass is 201 g/mol. The van der Waals surface area contributed by atoms with Crippen molar-refractivity contribution in [3.8, 4) is 0 Å². The lowest BCUT2D eigenvalue weighted by Crippen LogP contribution is -2.33. The molecule has 14 heavy (non-hydrogen) atoms. The highest BCUT2D eigenvalue weighted by atomic mass is 16.5. The van der Waals surface area contributed by atoms with Crippen LogP contribution in [-0.4, -0.2) is 53.0 Å². The van der Waals surface area contributed by atoms with Crippen molar-refractivity contribution in [3.05, 3.63) is 12.2 Å². The number of rotatable bonds is 5. The molecule has 0 atom stereocenters. The number of aliphatic hydroxyl groups excluding tert-OH is 1. The molecule has 0 radical (unpaired) electrons. The van der Waals surface area contributed by atoms with Crippen molar-refractivity contribution < 1.29 is 24.5 Å². The molecule has 1 rings (SSSR count). The van der Waals surface area contributed by atoms with Crippen molar-refractivity contribution in [3.63, 3.8) is 0 Å². The maximum Gasteiger partial charge on any atom is 0.253 e. The van der Waals surface area contributed by atoms with Crippen LogP contribution in [0.2, 0.25) is 0 Å². The highest BCUT2D eigenvalue weighted by Crippen LogP contribution is 2.02. The molecule has 0 aromatic rings. The third-order valence-electron chi connectivity index (χ3n) is 1.63. The Morgan fingerprint density at radius 1 is 1.29 bits per heavy atom. The summed E-state index contributed by atoms with van der Waals surface area (Å²) >= 11 is 0. The number of nitrogens with zero attached hydrogens (tertiary/aromatic N) is 1. The Labute approximate surface area is 80.4 Å². The first-order valence-corrected chi connectivity index (χ1v) is 4.08. The fraction of sp³-hybridized carbons (Fsp3) is 0.500. The molecule has 0 bridgehead atoms. The van der Waals surface area contributed by atoms with E-state index in [1.54, 1.807) is 0 Å². The fourth-order valence-electron chi connectivity index (χ4n) is 0.996. The molecular weight excluding hydrogens is 190 g/mol. The normalized spacial score (nSPS) is 16.1. The van der Waals surface area contributed by atoms with E-state index in [1.807, 2.05) is 0 Å². The van der Waals surface area contributed by atoms with Crippen molar-refractivity contribution in [2.75, 3.05) is 19.8 Å². The van der Waals surface area contributed by atoms with Crippen LogP contribution >= 0.6 is 0 Å². The van der Waals surface area contributed by atoms with Gasteiger partial charge in [0.15, 0.2) is 6.29 Å². The first kappa shape index (κ1) is 10.8. The van der Waals surface area contributed by atoms with Crippen molar-refractivity contribution >= 4 is 11.8 Å². The van der Waals surface area contributed by atoms with Crippen LogP contribution in [0.5, 0.6) is 0 Å². The van der Waals surface area contributed by atoms with Crippen molar-refractivity contribution in [2.45, 2.75) is 6.29 Å². The van der Waals surface area contributed by atoms with Crippen LogP contribution in [0.15, 0.2) is 12.2 Å². The van der Waals surface area contributed by atoms with Crippen molar-refractivity contribution in [2.24, 2.45) is 0 Å².